The molecule has 0 heterocycles. The molecule has 18 heavy (non-hydrogen) atoms. The highest BCUT2D eigenvalue weighted by Crippen LogP contribution is 2.08. The van der Waals surface area contributed by atoms with E-state index in [4.69, 9.17) is 5.26 Å². The summed E-state index contributed by atoms with van der Waals surface area (Å²) >= 11 is 0. The molecular weight excluding hydrogens is 250 g/mol. The minimum atomic E-state index is -3.26. The SMILES string of the molecule is CNCCC#N.CNS(=O)(=O)c1ccc(C)cc1. The van der Waals surface area contributed by atoms with Gasteiger partial charge in [-0.2, -0.15) is 5.26 Å². The van der Waals surface area contributed by atoms with E-state index in [0.717, 1.165) is 12.1 Å². The Morgan fingerprint density at radius 3 is 2.11 bits per heavy atom. The number of aryl methyl sites for hydroxylation is 1. The van der Waals surface area contributed by atoms with Gasteiger partial charge in [-0.3, -0.25) is 0 Å². The average Bonchev–Trinajstić information content (AvgIpc) is 2.37. The van der Waals surface area contributed by atoms with Crippen molar-refractivity contribution in [3.63, 3.8) is 0 Å². The van der Waals surface area contributed by atoms with Gasteiger partial charge in [0.25, 0.3) is 0 Å². The van der Waals surface area contributed by atoms with E-state index in [2.05, 4.69) is 10.0 Å². The highest BCUT2D eigenvalue weighted by molar-refractivity contribution is 7.89. The maximum Gasteiger partial charge on any atom is 0.240 e. The zero-order chi connectivity index (χ0) is 14.0. The summed E-state index contributed by atoms with van der Waals surface area (Å²) in [6.07, 6.45) is 0.608. The maximum absolute atomic E-state index is 11.2. The van der Waals surface area contributed by atoms with Crippen LogP contribution >= 0.6 is 0 Å². The molecule has 1 rings (SSSR count). The number of nitriles is 1. The van der Waals surface area contributed by atoms with Gasteiger partial charge in [0.15, 0.2) is 0 Å². The summed E-state index contributed by atoms with van der Waals surface area (Å²) in [4.78, 5) is 0.301. The summed E-state index contributed by atoms with van der Waals surface area (Å²) < 4.78 is 24.7. The summed E-state index contributed by atoms with van der Waals surface area (Å²) in [6.45, 7) is 2.71. The van der Waals surface area contributed by atoms with Gasteiger partial charge >= 0.3 is 0 Å². The topological polar surface area (TPSA) is 82.0 Å². The first kappa shape index (κ1) is 16.6. The molecule has 5 nitrogen and oxygen atoms in total. The number of rotatable bonds is 4. The standard InChI is InChI=1S/C8H11NO2S.C4H8N2/c1-7-3-5-8(6-4-7)12(10,11)9-2;1-6-4-2-3-5/h3-6,9H,1-2H3;6H,2,4H2,1H3. The molecule has 1 aromatic rings. The second-order valence-electron chi connectivity index (χ2n) is 3.53. The number of sulfonamides is 1. The quantitative estimate of drug-likeness (QED) is 0.800. The maximum atomic E-state index is 11.2. The highest BCUT2D eigenvalue weighted by Gasteiger charge is 2.09. The molecule has 0 atom stereocenters. The van der Waals surface area contributed by atoms with Crippen molar-refractivity contribution < 1.29 is 8.42 Å². The second-order valence-corrected chi connectivity index (χ2v) is 5.42. The molecule has 6 heteroatoms. The molecule has 0 aliphatic heterocycles. The van der Waals surface area contributed by atoms with Crippen molar-refractivity contribution in [3.05, 3.63) is 29.8 Å². The van der Waals surface area contributed by atoms with Gasteiger partial charge in [0.05, 0.1) is 11.0 Å². The molecule has 0 aromatic heterocycles. The van der Waals surface area contributed by atoms with Gasteiger partial charge in [-0.05, 0) is 33.2 Å². The fourth-order valence-corrected chi connectivity index (χ4v) is 1.75. The predicted octanol–water partition coefficient (Wildman–Crippen LogP) is 1.02. The van der Waals surface area contributed by atoms with Gasteiger partial charge in [-0.1, -0.05) is 17.7 Å². The van der Waals surface area contributed by atoms with Crippen LogP contribution in [0.2, 0.25) is 0 Å². The summed E-state index contributed by atoms with van der Waals surface area (Å²) in [5, 5.41) is 10.8. The van der Waals surface area contributed by atoms with E-state index in [1.54, 1.807) is 24.3 Å². The smallest absolute Gasteiger partial charge is 0.240 e. The summed E-state index contributed by atoms with van der Waals surface area (Å²) in [7, 11) is -0.0363. The van der Waals surface area contributed by atoms with E-state index in [9.17, 15) is 8.42 Å². The third kappa shape index (κ3) is 6.35. The Hall–Kier alpha value is -1.42. The van der Waals surface area contributed by atoms with Crippen LogP contribution in [-0.2, 0) is 10.0 Å². The lowest BCUT2D eigenvalue weighted by molar-refractivity contribution is 0.588. The molecule has 0 saturated carbocycles. The first-order valence-electron chi connectivity index (χ1n) is 5.49. The van der Waals surface area contributed by atoms with Gasteiger partial charge < -0.3 is 5.32 Å². The van der Waals surface area contributed by atoms with Gasteiger partial charge in [-0.25, -0.2) is 13.1 Å². The van der Waals surface area contributed by atoms with Crippen molar-refractivity contribution in [2.45, 2.75) is 18.2 Å². The molecule has 0 amide bonds. The fraction of sp³-hybridized carbons (Fsp3) is 0.417. The van der Waals surface area contributed by atoms with E-state index in [-0.39, 0.29) is 0 Å². The Morgan fingerprint density at radius 1 is 1.22 bits per heavy atom. The Labute approximate surface area is 109 Å². The zero-order valence-electron chi connectivity index (χ0n) is 10.9. The molecule has 0 aliphatic carbocycles. The van der Waals surface area contributed by atoms with Crippen LogP contribution in [0.5, 0.6) is 0 Å². The molecule has 0 fully saturated rings. The van der Waals surface area contributed by atoms with Crippen molar-refractivity contribution in [1.29, 1.82) is 5.26 Å². The molecule has 0 aliphatic rings. The van der Waals surface area contributed by atoms with Crippen LogP contribution in [0.4, 0.5) is 0 Å². The number of hydrogen-bond donors (Lipinski definition) is 2. The van der Waals surface area contributed by atoms with E-state index in [0.29, 0.717) is 11.3 Å². The van der Waals surface area contributed by atoms with E-state index < -0.39 is 10.0 Å². The summed E-state index contributed by atoms with van der Waals surface area (Å²) in [5.74, 6) is 0. The average molecular weight is 269 g/mol. The summed E-state index contributed by atoms with van der Waals surface area (Å²) in [6, 6.07) is 8.71. The highest BCUT2D eigenvalue weighted by atomic mass is 32.2. The Morgan fingerprint density at radius 2 is 1.78 bits per heavy atom. The molecule has 100 valence electrons. The largest absolute Gasteiger partial charge is 0.319 e. The number of nitrogens with one attached hydrogen (secondary N) is 2. The van der Waals surface area contributed by atoms with E-state index >= 15 is 0 Å². The molecular formula is C12H19N3O2S. The van der Waals surface area contributed by atoms with Crippen molar-refractivity contribution in [1.82, 2.24) is 10.0 Å². The summed E-state index contributed by atoms with van der Waals surface area (Å²) in [5.41, 5.74) is 1.05. The van der Waals surface area contributed by atoms with Crippen LogP contribution in [0.3, 0.4) is 0 Å². The monoisotopic (exact) mass is 269 g/mol. The molecule has 0 unspecified atom stereocenters. The second kappa shape index (κ2) is 8.64. The number of benzene rings is 1. The zero-order valence-corrected chi connectivity index (χ0v) is 11.7. The van der Waals surface area contributed by atoms with Crippen LogP contribution in [0.1, 0.15) is 12.0 Å². The minimum Gasteiger partial charge on any atom is -0.319 e. The lowest BCUT2D eigenvalue weighted by Gasteiger charge is -2.01. The molecule has 0 radical (unpaired) electrons. The first-order chi connectivity index (χ1) is 8.47. The first-order valence-corrected chi connectivity index (χ1v) is 6.98. The fourth-order valence-electron chi connectivity index (χ4n) is 1.02. The van der Waals surface area contributed by atoms with Crippen molar-refractivity contribution >= 4 is 10.0 Å². The van der Waals surface area contributed by atoms with Crippen molar-refractivity contribution in [3.8, 4) is 6.07 Å². The van der Waals surface area contributed by atoms with Crippen LogP contribution in [-0.4, -0.2) is 29.1 Å². The number of nitrogens with zero attached hydrogens (tertiary/aromatic N) is 1. The molecule has 0 bridgehead atoms. The molecule has 0 spiro atoms. The third-order valence-corrected chi connectivity index (χ3v) is 3.52. The predicted molar refractivity (Wildman–Crippen MR) is 71.6 cm³/mol. The van der Waals surface area contributed by atoms with Crippen molar-refractivity contribution in [2.24, 2.45) is 0 Å². The Bertz CT molecular complexity index is 475. The van der Waals surface area contributed by atoms with E-state index in [1.165, 1.54) is 7.05 Å². The lowest BCUT2D eigenvalue weighted by atomic mass is 10.2. The molecule has 0 saturated heterocycles. The van der Waals surface area contributed by atoms with Gasteiger partial charge in [-0.15, -0.1) is 0 Å². The van der Waals surface area contributed by atoms with Crippen LogP contribution in [0.25, 0.3) is 0 Å². The van der Waals surface area contributed by atoms with Gasteiger partial charge in [0, 0.05) is 13.0 Å². The van der Waals surface area contributed by atoms with Gasteiger partial charge in [0.1, 0.15) is 0 Å². The van der Waals surface area contributed by atoms with Crippen LogP contribution in [0.15, 0.2) is 29.2 Å². The number of hydrogen-bond acceptors (Lipinski definition) is 4. The Kier molecular flexibility index (Phi) is 7.96. The van der Waals surface area contributed by atoms with E-state index in [1.807, 2.05) is 20.0 Å². The third-order valence-electron chi connectivity index (χ3n) is 2.09. The normalized spacial score (nSPS) is 10.1. The molecule has 2 N–H and O–H groups in total. The molecule has 1 aromatic carbocycles. The van der Waals surface area contributed by atoms with Crippen molar-refractivity contribution in [2.75, 3.05) is 20.6 Å². The van der Waals surface area contributed by atoms with Crippen LogP contribution < -0.4 is 10.0 Å². The van der Waals surface area contributed by atoms with Gasteiger partial charge in [0.2, 0.25) is 10.0 Å². The van der Waals surface area contributed by atoms with Crippen LogP contribution in [0, 0.1) is 18.3 Å². The lowest BCUT2D eigenvalue weighted by Crippen LogP contribution is -2.18. The Balaban J connectivity index is 0.000000411. The minimum absolute atomic E-state index is 0.301.